The lowest BCUT2D eigenvalue weighted by molar-refractivity contribution is 0.0946. The summed E-state index contributed by atoms with van der Waals surface area (Å²) < 4.78 is 1.18. The summed E-state index contributed by atoms with van der Waals surface area (Å²) in [5.74, 6) is 0.709. The Morgan fingerprint density at radius 2 is 2.00 bits per heavy atom. The molecule has 2 aromatic rings. The highest BCUT2D eigenvalue weighted by Crippen LogP contribution is 2.29. The van der Waals surface area contributed by atoms with Crippen LogP contribution in [0.1, 0.15) is 36.0 Å². The molecule has 3 rings (SSSR count). The topological polar surface area (TPSA) is 29.1 Å². The van der Waals surface area contributed by atoms with Crippen LogP contribution in [0.3, 0.4) is 0 Å². The second-order valence-electron chi connectivity index (χ2n) is 5.47. The molecule has 1 fully saturated rings. The number of carbonyl (C=O) groups excluding carboxylic acids is 1. The van der Waals surface area contributed by atoms with E-state index in [4.69, 9.17) is 0 Å². The van der Waals surface area contributed by atoms with Crippen LogP contribution in [-0.4, -0.2) is 17.3 Å². The second-order valence-corrected chi connectivity index (χ2v) is 7.68. The van der Waals surface area contributed by atoms with E-state index >= 15 is 0 Å². The smallest absolute Gasteiger partial charge is 0.252 e. The number of hydrogen-bond acceptors (Lipinski definition) is 2. The quantitative estimate of drug-likeness (QED) is 0.805. The van der Waals surface area contributed by atoms with Crippen molar-refractivity contribution in [1.29, 1.82) is 0 Å². The van der Waals surface area contributed by atoms with E-state index in [0.29, 0.717) is 10.7 Å². The molecular weight excluding hydrogens is 334 g/mol. The summed E-state index contributed by atoms with van der Waals surface area (Å²) in [5, 5.41) is 6.15. The maximum atomic E-state index is 12.3. The van der Waals surface area contributed by atoms with Gasteiger partial charge in [0, 0.05) is 26.8 Å². The largest absolute Gasteiger partial charge is 0.352 e. The molecule has 0 unspecified atom stereocenters. The summed E-state index contributed by atoms with van der Waals surface area (Å²) in [4.78, 5) is 13.0. The normalized spacial score (nSPS) is 22.9. The van der Waals surface area contributed by atoms with Crippen molar-refractivity contribution in [3.63, 3.8) is 0 Å². The summed E-state index contributed by atoms with van der Waals surface area (Å²) in [6, 6.07) is 8.09. The first-order valence-corrected chi connectivity index (χ1v) is 8.92. The molecular formula is C16H18BrNOS. The highest BCUT2D eigenvalue weighted by atomic mass is 79.9. The van der Waals surface area contributed by atoms with Crippen LogP contribution >= 0.6 is 27.3 Å². The molecule has 0 saturated heterocycles. The minimum absolute atomic E-state index is 0.0726. The zero-order valence-corrected chi connectivity index (χ0v) is 13.7. The Morgan fingerprint density at radius 3 is 2.80 bits per heavy atom. The van der Waals surface area contributed by atoms with Gasteiger partial charge in [-0.05, 0) is 37.7 Å². The Hall–Kier alpha value is -0.870. The van der Waals surface area contributed by atoms with Crippen molar-refractivity contribution in [3.05, 3.63) is 35.2 Å². The number of rotatable bonds is 3. The average molecular weight is 352 g/mol. The molecule has 2 nitrogen and oxygen atoms in total. The molecule has 0 atom stereocenters. The van der Waals surface area contributed by atoms with Crippen molar-refractivity contribution >= 4 is 43.3 Å². The lowest BCUT2D eigenvalue weighted by Gasteiger charge is -2.25. The molecule has 0 bridgehead atoms. The number of benzene rings is 1. The fraction of sp³-hybridized carbons (Fsp3) is 0.438. The van der Waals surface area contributed by atoms with Gasteiger partial charge in [-0.1, -0.05) is 34.1 Å². The second kappa shape index (κ2) is 6.27. The molecule has 1 amide bonds. The third kappa shape index (κ3) is 3.07. The minimum Gasteiger partial charge on any atom is -0.352 e. The van der Waals surface area contributed by atoms with Crippen molar-refractivity contribution in [2.24, 2.45) is 5.92 Å². The molecule has 1 saturated carbocycles. The van der Waals surface area contributed by atoms with E-state index < -0.39 is 0 Å². The Morgan fingerprint density at radius 1 is 1.25 bits per heavy atom. The molecule has 4 heteroatoms. The van der Waals surface area contributed by atoms with Crippen LogP contribution in [0.15, 0.2) is 29.6 Å². The summed E-state index contributed by atoms with van der Waals surface area (Å²) in [6.07, 6.45) is 4.87. The van der Waals surface area contributed by atoms with Gasteiger partial charge in [0.2, 0.25) is 0 Å². The fourth-order valence-electron chi connectivity index (χ4n) is 2.81. The average Bonchev–Trinajstić information content (AvgIpc) is 2.90. The molecule has 1 aromatic carbocycles. The highest BCUT2D eigenvalue weighted by molar-refractivity contribution is 9.09. The lowest BCUT2D eigenvalue weighted by atomic mass is 9.89. The predicted octanol–water partition coefficient (Wildman–Crippen LogP) is 4.58. The number of nitrogens with one attached hydrogen (secondary N) is 1. The van der Waals surface area contributed by atoms with Crippen LogP contribution in [0, 0.1) is 5.92 Å². The number of amides is 1. The third-order valence-electron chi connectivity index (χ3n) is 4.05. The van der Waals surface area contributed by atoms with Crippen molar-refractivity contribution in [2.75, 3.05) is 6.54 Å². The molecule has 1 aliphatic rings. The molecule has 20 heavy (non-hydrogen) atoms. The van der Waals surface area contributed by atoms with Crippen LogP contribution in [-0.2, 0) is 0 Å². The van der Waals surface area contributed by atoms with Gasteiger partial charge in [-0.3, -0.25) is 4.79 Å². The predicted molar refractivity (Wildman–Crippen MR) is 88.8 cm³/mol. The number of carbonyl (C=O) groups is 1. The van der Waals surface area contributed by atoms with Gasteiger partial charge in [-0.25, -0.2) is 0 Å². The van der Waals surface area contributed by atoms with E-state index in [2.05, 4.69) is 27.3 Å². The summed E-state index contributed by atoms with van der Waals surface area (Å²) in [6.45, 7) is 0.808. The van der Waals surface area contributed by atoms with Gasteiger partial charge in [0.05, 0.1) is 5.56 Å². The third-order valence-corrected chi connectivity index (χ3v) is 5.93. The molecule has 1 N–H and O–H groups in total. The maximum absolute atomic E-state index is 12.3. The van der Waals surface area contributed by atoms with E-state index in [1.165, 1.54) is 30.4 Å². The first-order chi connectivity index (χ1) is 9.74. The zero-order chi connectivity index (χ0) is 13.9. The molecule has 1 aromatic heterocycles. The Labute approximate surface area is 131 Å². The highest BCUT2D eigenvalue weighted by Gasteiger charge is 2.20. The lowest BCUT2D eigenvalue weighted by Crippen LogP contribution is -2.31. The number of hydrogen-bond donors (Lipinski definition) is 1. The van der Waals surface area contributed by atoms with Gasteiger partial charge in [-0.15, -0.1) is 11.3 Å². The fourth-order valence-corrected chi connectivity index (χ4v) is 4.28. The van der Waals surface area contributed by atoms with Gasteiger partial charge < -0.3 is 5.32 Å². The van der Waals surface area contributed by atoms with Crippen molar-refractivity contribution in [1.82, 2.24) is 5.32 Å². The van der Waals surface area contributed by atoms with Crippen LogP contribution < -0.4 is 5.32 Å². The van der Waals surface area contributed by atoms with E-state index in [1.807, 2.05) is 23.6 Å². The molecule has 1 heterocycles. The first kappa shape index (κ1) is 14.1. The van der Waals surface area contributed by atoms with Crippen LogP contribution in [0.5, 0.6) is 0 Å². The standard InChI is InChI=1S/C16H18BrNOS/c17-12-7-5-11(6-8-12)9-18-16(19)14-10-20-15-4-2-1-3-13(14)15/h1-4,10-12H,5-9H2,(H,18,19). The number of halogens is 1. The summed E-state index contributed by atoms with van der Waals surface area (Å²) in [7, 11) is 0. The van der Waals surface area contributed by atoms with Crippen molar-refractivity contribution in [2.45, 2.75) is 30.5 Å². The van der Waals surface area contributed by atoms with Crippen LogP contribution in [0.25, 0.3) is 10.1 Å². The summed E-state index contributed by atoms with van der Waals surface area (Å²) in [5.41, 5.74) is 0.819. The molecule has 0 aliphatic heterocycles. The van der Waals surface area contributed by atoms with E-state index in [0.717, 1.165) is 17.5 Å². The SMILES string of the molecule is O=C(NCC1CCC(Br)CC1)c1csc2ccccc12. The first-order valence-electron chi connectivity index (χ1n) is 7.12. The minimum atomic E-state index is 0.0726. The van der Waals surface area contributed by atoms with Gasteiger partial charge >= 0.3 is 0 Å². The van der Waals surface area contributed by atoms with Gasteiger partial charge in [-0.2, -0.15) is 0 Å². The number of alkyl halides is 1. The Bertz CT molecular complexity index is 601. The van der Waals surface area contributed by atoms with Gasteiger partial charge in [0.25, 0.3) is 5.91 Å². The summed E-state index contributed by atoms with van der Waals surface area (Å²) >= 11 is 5.31. The van der Waals surface area contributed by atoms with Crippen molar-refractivity contribution < 1.29 is 4.79 Å². The van der Waals surface area contributed by atoms with E-state index in [-0.39, 0.29) is 5.91 Å². The molecule has 106 valence electrons. The molecule has 0 spiro atoms. The van der Waals surface area contributed by atoms with E-state index in [9.17, 15) is 4.79 Å². The molecule has 1 aliphatic carbocycles. The van der Waals surface area contributed by atoms with Gasteiger partial charge in [0.15, 0.2) is 0 Å². The monoisotopic (exact) mass is 351 g/mol. The van der Waals surface area contributed by atoms with Crippen LogP contribution in [0.4, 0.5) is 0 Å². The maximum Gasteiger partial charge on any atom is 0.252 e. The number of thiophene rings is 1. The Kier molecular flexibility index (Phi) is 4.41. The zero-order valence-electron chi connectivity index (χ0n) is 11.3. The number of fused-ring (bicyclic) bond motifs is 1. The molecule has 0 radical (unpaired) electrons. The van der Waals surface area contributed by atoms with Crippen LogP contribution in [0.2, 0.25) is 0 Å². The van der Waals surface area contributed by atoms with E-state index in [1.54, 1.807) is 11.3 Å². The van der Waals surface area contributed by atoms with Gasteiger partial charge in [0.1, 0.15) is 0 Å². The Balaban J connectivity index is 1.62. The van der Waals surface area contributed by atoms with Crippen molar-refractivity contribution in [3.8, 4) is 0 Å².